The van der Waals surface area contributed by atoms with Crippen molar-refractivity contribution in [3.05, 3.63) is 74.7 Å². The molecule has 2 heterocycles. The maximum Gasteiger partial charge on any atom is 0.407 e. The van der Waals surface area contributed by atoms with Crippen LogP contribution in [0, 0.1) is 6.92 Å². The predicted octanol–water partition coefficient (Wildman–Crippen LogP) is 10.8. The SMILES string of the molecule is C[C@@H](CCCCNC(=O)OC(C)(C)C)NS(=O)(=O)c1ccc2c(Cl)cnc(Cl)c2c1.C[C@H](N)CCCCNC(=O)OC(C)(C)C.Cc1ccc2c(Cl)cnc(Cl)c2c1. The van der Waals surface area contributed by atoms with Crippen molar-refractivity contribution in [3.63, 3.8) is 0 Å². The summed E-state index contributed by atoms with van der Waals surface area (Å²) in [7, 11) is -3.73. The molecule has 0 aliphatic rings. The summed E-state index contributed by atoms with van der Waals surface area (Å²) >= 11 is 24.1. The Labute approximate surface area is 363 Å². The first-order valence-electron chi connectivity index (χ1n) is 19.0. The normalized spacial score (nSPS) is 12.7. The molecule has 4 aromatic rings. The fourth-order valence-electron chi connectivity index (χ4n) is 5.18. The highest BCUT2D eigenvalue weighted by molar-refractivity contribution is 7.89. The topological polar surface area (TPSA) is 175 Å². The van der Waals surface area contributed by atoms with Crippen molar-refractivity contribution in [2.45, 2.75) is 129 Å². The summed E-state index contributed by atoms with van der Waals surface area (Å²) in [6.07, 6.45) is 7.24. The van der Waals surface area contributed by atoms with Crippen LogP contribution in [0.2, 0.25) is 20.4 Å². The Balaban J connectivity index is 0.000000343. The molecule has 5 N–H and O–H groups in total. The molecule has 0 spiro atoms. The molecule has 0 radical (unpaired) electrons. The number of benzene rings is 2. The molecule has 0 fully saturated rings. The third-order valence-electron chi connectivity index (χ3n) is 7.86. The third-order valence-corrected chi connectivity index (χ3v) is 10.7. The van der Waals surface area contributed by atoms with Crippen LogP contribution in [0.4, 0.5) is 9.59 Å². The first-order valence-corrected chi connectivity index (χ1v) is 22.0. The van der Waals surface area contributed by atoms with E-state index in [4.69, 9.17) is 61.6 Å². The number of carbonyl (C=O) groups excluding carboxylic acids is 2. The Kier molecular flexibility index (Phi) is 20.7. The first kappa shape index (κ1) is 51.0. The van der Waals surface area contributed by atoms with Gasteiger partial charge in [-0.25, -0.2) is 32.7 Å². The van der Waals surface area contributed by atoms with Gasteiger partial charge in [0, 0.05) is 59.1 Å². The van der Waals surface area contributed by atoms with Crippen LogP contribution in [0.25, 0.3) is 21.5 Å². The van der Waals surface area contributed by atoms with Gasteiger partial charge >= 0.3 is 12.2 Å². The first-order chi connectivity index (χ1) is 26.9. The van der Waals surface area contributed by atoms with Crippen molar-refractivity contribution in [1.82, 2.24) is 25.3 Å². The molecular formula is C41H58Cl4N6O6S. The van der Waals surface area contributed by atoms with Gasteiger partial charge in [-0.3, -0.25) is 0 Å². The fourth-order valence-corrected chi connectivity index (χ4v) is 7.32. The van der Waals surface area contributed by atoms with Crippen LogP contribution in [0.3, 0.4) is 0 Å². The average Bonchev–Trinajstić information content (AvgIpc) is 3.10. The van der Waals surface area contributed by atoms with Crippen molar-refractivity contribution >= 4 is 90.2 Å². The summed E-state index contributed by atoms with van der Waals surface area (Å²) in [6.45, 7) is 17.9. The molecule has 12 nitrogen and oxygen atoms in total. The van der Waals surface area contributed by atoms with E-state index in [-0.39, 0.29) is 28.2 Å². The van der Waals surface area contributed by atoms with Gasteiger partial charge in [-0.15, -0.1) is 0 Å². The monoisotopic (exact) mass is 902 g/mol. The molecule has 17 heteroatoms. The van der Waals surface area contributed by atoms with Gasteiger partial charge in [0.2, 0.25) is 10.0 Å². The molecule has 0 bridgehead atoms. The second kappa shape index (κ2) is 23.6. The number of pyridine rings is 2. The van der Waals surface area contributed by atoms with E-state index in [1.165, 1.54) is 18.3 Å². The molecule has 2 aromatic heterocycles. The van der Waals surface area contributed by atoms with Gasteiger partial charge < -0.3 is 25.8 Å². The second-order valence-corrected chi connectivity index (χ2v) is 19.1. The molecule has 58 heavy (non-hydrogen) atoms. The van der Waals surface area contributed by atoms with Crippen molar-refractivity contribution in [1.29, 1.82) is 0 Å². The van der Waals surface area contributed by atoms with Gasteiger partial charge in [-0.1, -0.05) is 83.0 Å². The van der Waals surface area contributed by atoms with Crippen molar-refractivity contribution in [2.24, 2.45) is 5.73 Å². The molecular weight excluding hydrogens is 846 g/mol. The number of alkyl carbamates (subject to hydrolysis) is 2. The number of aryl methyl sites for hydroxylation is 1. The van der Waals surface area contributed by atoms with E-state index in [1.54, 1.807) is 40.0 Å². The van der Waals surface area contributed by atoms with Crippen LogP contribution >= 0.6 is 46.4 Å². The smallest absolute Gasteiger partial charge is 0.407 e. The average molecular weight is 905 g/mol. The number of nitrogens with one attached hydrogen (secondary N) is 3. The number of halogens is 4. The van der Waals surface area contributed by atoms with Gasteiger partial charge in [-0.05, 0) is 106 Å². The lowest BCUT2D eigenvalue weighted by molar-refractivity contribution is 0.0515. The molecule has 0 aliphatic heterocycles. The summed E-state index contributed by atoms with van der Waals surface area (Å²) in [6, 6.07) is 10.5. The number of hydrogen-bond donors (Lipinski definition) is 4. The van der Waals surface area contributed by atoms with Gasteiger partial charge in [-0.2, -0.15) is 0 Å². The minimum absolute atomic E-state index is 0.0967. The highest BCUT2D eigenvalue weighted by Gasteiger charge is 2.20. The van der Waals surface area contributed by atoms with E-state index >= 15 is 0 Å². The molecule has 0 saturated heterocycles. The van der Waals surface area contributed by atoms with Gasteiger partial charge in [0.05, 0.1) is 14.9 Å². The number of amides is 2. The van der Waals surface area contributed by atoms with E-state index in [0.29, 0.717) is 51.9 Å². The number of aromatic nitrogens is 2. The fraction of sp³-hybridized carbons (Fsp3) is 0.512. The number of fused-ring (bicyclic) bond motifs is 2. The quantitative estimate of drug-likeness (QED) is 0.0752. The Morgan fingerprint density at radius 3 is 1.62 bits per heavy atom. The van der Waals surface area contributed by atoms with E-state index in [1.807, 2.05) is 52.8 Å². The lowest BCUT2D eigenvalue weighted by atomic mass is 10.1. The number of sulfonamides is 1. The summed E-state index contributed by atoms with van der Waals surface area (Å²) in [5, 5.41) is 10.1. The van der Waals surface area contributed by atoms with Crippen LogP contribution in [-0.4, -0.2) is 66.9 Å². The van der Waals surface area contributed by atoms with Crippen LogP contribution in [0.15, 0.2) is 53.7 Å². The zero-order chi connectivity index (χ0) is 43.8. The molecule has 2 aromatic carbocycles. The number of carbonyl (C=O) groups is 2. The third kappa shape index (κ3) is 19.3. The van der Waals surface area contributed by atoms with Crippen molar-refractivity contribution in [2.75, 3.05) is 13.1 Å². The highest BCUT2D eigenvalue weighted by atomic mass is 35.5. The maximum absolute atomic E-state index is 12.7. The number of nitrogens with zero attached hydrogens (tertiary/aromatic N) is 2. The number of hydrogen-bond acceptors (Lipinski definition) is 9. The number of unbranched alkanes of at least 4 members (excludes halogenated alkanes) is 2. The highest BCUT2D eigenvalue weighted by Crippen LogP contribution is 2.30. The van der Waals surface area contributed by atoms with E-state index in [2.05, 4.69) is 25.3 Å². The maximum atomic E-state index is 12.7. The largest absolute Gasteiger partial charge is 0.444 e. The number of nitrogens with two attached hydrogens (primary N) is 1. The van der Waals surface area contributed by atoms with Crippen LogP contribution in [0.1, 0.15) is 99.5 Å². The molecule has 2 amide bonds. The molecule has 2 atom stereocenters. The van der Waals surface area contributed by atoms with E-state index < -0.39 is 27.3 Å². The lowest BCUT2D eigenvalue weighted by Gasteiger charge is -2.19. The van der Waals surface area contributed by atoms with Crippen molar-refractivity contribution < 1.29 is 27.5 Å². The molecule has 0 aliphatic carbocycles. The van der Waals surface area contributed by atoms with Gasteiger partial charge in [0.1, 0.15) is 21.5 Å². The van der Waals surface area contributed by atoms with Crippen LogP contribution in [0.5, 0.6) is 0 Å². The Morgan fingerprint density at radius 2 is 1.16 bits per heavy atom. The molecule has 4 rings (SSSR count). The van der Waals surface area contributed by atoms with Crippen LogP contribution in [-0.2, 0) is 19.5 Å². The lowest BCUT2D eigenvalue weighted by Crippen LogP contribution is -2.34. The van der Waals surface area contributed by atoms with E-state index in [0.717, 1.165) is 42.0 Å². The Morgan fingerprint density at radius 1 is 0.707 bits per heavy atom. The van der Waals surface area contributed by atoms with Gasteiger partial charge in [0.15, 0.2) is 0 Å². The molecule has 0 saturated carbocycles. The zero-order valence-corrected chi connectivity index (χ0v) is 38.6. The summed E-state index contributed by atoms with van der Waals surface area (Å²) in [4.78, 5) is 30.8. The predicted molar refractivity (Wildman–Crippen MR) is 238 cm³/mol. The Bertz CT molecular complexity index is 2070. The van der Waals surface area contributed by atoms with E-state index in [9.17, 15) is 18.0 Å². The summed E-state index contributed by atoms with van der Waals surface area (Å²) in [5.74, 6) is 0. The minimum atomic E-state index is -3.73. The number of rotatable bonds is 13. The van der Waals surface area contributed by atoms with Crippen LogP contribution < -0.4 is 21.1 Å². The standard InChI is InChI=1S/C20H27Cl2N3O4S.C11H24N2O2.C10H7Cl2N/c1-13(7-5-6-10-23-19(26)29-20(2,3)4)25-30(27,28)14-8-9-15-16(11-14)18(22)24-12-17(15)21;1-9(12)7-5-6-8-13-10(14)15-11(2,3)4;1-6-2-3-7-8(4-6)10(12)13-5-9(7)11/h8-9,11-13,25H,5-7,10H2,1-4H3,(H,23,26);9H,5-8,12H2,1-4H3,(H,13,14);2-5H,1H3/t13-;9-;/m00./s1. The van der Waals surface area contributed by atoms with Gasteiger partial charge in [0.25, 0.3) is 0 Å². The number of ether oxygens (including phenoxy) is 2. The minimum Gasteiger partial charge on any atom is -0.444 e. The van der Waals surface area contributed by atoms with Crippen molar-refractivity contribution in [3.8, 4) is 0 Å². The summed E-state index contributed by atoms with van der Waals surface area (Å²) in [5.41, 5.74) is 5.80. The summed E-state index contributed by atoms with van der Waals surface area (Å²) < 4.78 is 38.3. The second-order valence-electron chi connectivity index (χ2n) is 15.9. The molecule has 0 unspecified atom stereocenters. The Hall–Kier alpha value is -3.17. The molecule has 322 valence electrons. The zero-order valence-electron chi connectivity index (χ0n) is 34.8.